The van der Waals surface area contributed by atoms with Gasteiger partial charge in [0, 0.05) is 19.6 Å². The van der Waals surface area contributed by atoms with Crippen molar-refractivity contribution in [1.29, 1.82) is 0 Å². The highest BCUT2D eigenvalue weighted by atomic mass is 16.2. The molecule has 1 aromatic carbocycles. The maximum atomic E-state index is 11.9. The first-order chi connectivity index (χ1) is 9.75. The molecule has 0 aliphatic heterocycles. The van der Waals surface area contributed by atoms with Crippen LogP contribution in [0.25, 0.3) is 11.0 Å². The summed E-state index contributed by atoms with van der Waals surface area (Å²) in [7, 11) is 0. The van der Waals surface area contributed by atoms with Crippen LogP contribution < -0.4 is 11.1 Å². The minimum Gasteiger partial charge on any atom is -0.356 e. The lowest BCUT2D eigenvalue weighted by molar-refractivity contribution is -0.125. The number of nitrogens with one attached hydrogen (secondary N) is 1. The van der Waals surface area contributed by atoms with E-state index in [1.54, 1.807) is 0 Å². The van der Waals surface area contributed by atoms with Gasteiger partial charge in [-0.15, -0.1) is 0 Å². The summed E-state index contributed by atoms with van der Waals surface area (Å²) in [6.07, 6.45) is 4.62. The molecule has 1 aliphatic rings. The Morgan fingerprint density at radius 2 is 2.20 bits per heavy atom. The Kier molecular flexibility index (Phi) is 3.44. The molecule has 5 nitrogen and oxygen atoms in total. The van der Waals surface area contributed by atoms with Crippen LogP contribution in [0.3, 0.4) is 0 Å². The maximum Gasteiger partial charge on any atom is 0.227 e. The van der Waals surface area contributed by atoms with Gasteiger partial charge >= 0.3 is 0 Å². The largest absolute Gasteiger partial charge is 0.356 e. The van der Waals surface area contributed by atoms with E-state index in [0.717, 1.165) is 36.8 Å². The number of nitrogens with zero attached hydrogens (tertiary/aromatic N) is 2. The van der Waals surface area contributed by atoms with Crippen molar-refractivity contribution in [2.75, 3.05) is 13.1 Å². The van der Waals surface area contributed by atoms with Gasteiger partial charge in [-0.2, -0.15) is 0 Å². The number of imidazole rings is 1. The van der Waals surface area contributed by atoms with Gasteiger partial charge in [0.1, 0.15) is 0 Å². The molecule has 20 heavy (non-hydrogen) atoms. The third-order valence-corrected chi connectivity index (χ3v) is 4.11. The number of aryl methyl sites for hydroxylation is 1. The normalized spacial score (nSPS) is 16.2. The van der Waals surface area contributed by atoms with Crippen molar-refractivity contribution >= 4 is 16.9 Å². The lowest BCUT2D eigenvalue weighted by Gasteiger charge is -2.12. The molecule has 0 spiro atoms. The lowest BCUT2D eigenvalue weighted by atomic mass is 10.1. The number of carbonyl (C=O) groups excluding carboxylic acids is 1. The zero-order valence-corrected chi connectivity index (χ0v) is 11.5. The number of fused-ring (bicyclic) bond motifs is 1. The van der Waals surface area contributed by atoms with Crippen molar-refractivity contribution in [2.24, 2.45) is 11.1 Å². The summed E-state index contributed by atoms with van der Waals surface area (Å²) < 4.78 is 2.12. The molecule has 1 amide bonds. The molecule has 1 aliphatic carbocycles. The summed E-state index contributed by atoms with van der Waals surface area (Å²) in [6.45, 7) is 2.01. The first-order valence-corrected chi connectivity index (χ1v) is 7.13. The maximum absolute atomic E-state index is 11.9. The van der Waals surface area contributed by atoms with E-state index in [2.05, 4.69) is 20.9 Å². The molecule has 1 heterocycles. The Labute approximate surface area is 118 Å². The molecule has 0 radical (unpaired) electrons. The highest BCUT2D eigenvalue weighted by molar-refractivity contribution is 5.85. The molecule has 1 saturated carbocycles. The van der Waals surface area contributed by atoms with E-state index in [-0.39, 0.29) is 11.3 Å². The van der Waals surface area contributed by atoms with E-state index in [4.69, 9.17) is 5.73 Å². The highest BCUT2D eigenvalue weighted by Crippen LogP contribution is 2.44. The van der Waals surface area contributed by atoms with Crippen LogP contribution in [0.4, 0.5) is 0 Å². The van der Waals surface area contributed by atoms with Crippen molar-refractivity contribution in [3.05, 3.63) is 30.6 Å². The second-order valence-electron chi connectivity index (χ2n) is 5.52. The fourth-order valence-corrected chi connectivity index (χ4v) is 2.50. The molecule has 5 heteroatoms. The average Bonchev–Trinajstić information content (AvgIpc) is 3.19. The van der Waals surface area contributed by atoms with Crippen molar-refractivity contribution in [1.82, 2.24) is 14.9 Å². The van der Waals surface area contributed by atoms with Crippen molar-refractivity contribution in [3.63, 3.8) is 0 Å². The Hall–Kier alpha value is -1.88. The minimum atomic E-state index is -0.248. The van der Waals surface area contributed by atoms with E-state index >= 15 is 0 Å². The van der Waals surface area contributed by atoms with Crippen molar-refractivity contribution in [3.8, 4) is 0 Å². The Morgan fingerprint density at radius 1 is 1.40 bits per heavy atom. The molecule has 0 saturated heterocycles. The summed E-state index contributed by atoms with van der Waals surface area (Å²) in [6, 6.07) is 8.07. The average molecular weight is 272 g/mol. The summed E-state index contributed by atoms with van der Waals surface area (Å²) in [5.41, 5.74) is 7.54. The minimum absolute atomic E-state index is 0.121. The van der Waals surface area contributed by atoms with Gasteiger partial charge in [-0.1, -0.05) is 12.1 Å². The SMILES string of the molecule is NCC1(C(=O)NCCCn2cnc3ccccc32)CC1. The van der Waals surface area contributed by atoms with Crippen LogP contribution in [-0.4, -0.2) is 28.5 Å². The third kappa shape index (κ3) is 2.41. The Morgan fingerprint density at radius 3 is 2.95 bits per heavy atom. The molecular formula is C15H20N4O. The standard InChI is InChI=1S/C15H20N4O/c16-10-15(6-7-15)14(20)17-8-3-9-19-11-18-12-4-1-2-5-13(12)19/h1-2,4-5,11H,3,6-10,16H2,(H,17,20). The van der Waals surface area contributed by atoms with Crippen molar-refractivity contribution in [2.45, 2.75) is 25.8 Å². The zero-order valence-electron chi connectivity index (χ0n) is 11.5. The lowest BCUT2D eigenvalue weighted by Crippen LogP contribution is -2.37. The summed E-state index contributed by atoms with van der Waals surface area (Å²) in [5, 5.41) is 2.99. The van der Waals surface area contributed by atoms with Crippen LogP contribution in [0.1, 0.15) is 19.3 Å². The van der Waals surface area contributed by atoms with E-state index in [9.17, 15) is 4.79 Å². The molecule has 106 valence electrons. The number of nitrogens with two attached hydrogens (primary N) is 1. The topological polar surface area (TPSA) is 72.9 Å². The number of benzene rings is 1. The number of para-hydroxylation sites is 2. The number of carbonyl (C=O) groups is 1. The zero-order chi connectivity index (χ0) is 14.0. The Balaban J connectivity index is 1.49. The highest BCUT2D eigenvalue weighted by Gasteiger charge is 2.48. The fraction of sp³-hybridized carbons (Fsp3) is 0.467. The smallest absolute Gasteiger partial charge is 0.227 e. The van der Waals surface area contributed by atoms with Crippen LogP contribution in [0.15, 0.2) is 30.6 Å². The molecule has 3 rings (SSSR count). The van der Waals surface area contributed by atoms with Crippen molar-refractivity contribution < 1.29 is 4.79 Å². The van der Waals surface area contributed by atoms with Crippen LogP contribution in [0.2, 0.25) is 0 Å². The van der Waals surface area contributed by atoms with E-state index in [1.807, 2.05) is 24.5 Å². The number of amides is 1. The molecule has 1 aromatic heterocycles. The van der Waals surface area contributed by atoms with Gasteiger partial charge in [0.25, 0.3) is 0 Å². The second kappa shape index (κ2) is 5.25. The molecule has 3 N–H and O–H groups in total. The summed E-state index contributed by atoms with van der Waals surface area (Å²) >= 11 is 0. The van der Waals surface area contributed by atoms with E-state index < -0.39 is 0 Å². The van der Waals surface area contributed by atoms with Crippen LogP contribution >= 0.6 is 0 Å². The predicted molar refractivity (Wildman–Crippen MR) is 78.1 cm³/mol. The van der Waals surface area contributed by atoms with Gasteiger partial charge in [0.05, 0.1) is 22.8 Å². The van der Waals surface area contributed by atoms with E-state index in [0.29, 0.717) is 13.1 Å². The van der Waals surface area contributed by atoms with Gasteiger partial charge in [0.15, 0.2) is 0 Å². The van der Waals surface area contributed by atoms with Gasteiger partial charge in [-0.05, 0) is 31.4 Å². The van der Waals surface area contributed by atoms with Gasteiger partial charge in [0.2, 0.25) is 5.91 Å². The van der Waals surface area contributed by atoms with Crippen LogP contribution in [0.5, 0.6) is 0 Å². The number of rotatable bonds is 6. The number of hydrogen-bond donors (Lipinski definition) is 2. The predicted octanol–water partition coefficient (Wildman–Crippen LogP) is 1.28. The van der Waals surface area contributed by atoms with Gasteiger partial charge in [-0.3, -0.25) is 4.79 Å². The molecule has 0 bridgehead atoms. The second-order valence-corrected chi connectivity index (χ2v) is 5.52. The van der Waals surface area contributed by atoms with Crippen LogP contribution in [0, 0.1) is 5.41 Å². The number of aromatic nitrogens is 2. The molecule has 0 atom stereocenters. The van der Waals surface area contributed by atoms with Gasteiger partial charge in [-0.25, -0.2) is 4.98 Å². The van der Waals surface area contributed by atoms with E-state index in [1.165, 1.54) is 0 Å². The first kappa shape index (κ1) is 13.1. The molecular weight excluding hydrogens is 252 g/mol. The van der Waals surface area contributed by atoms with Crippen LogP contribution in [-0.2, 0) is 11.3 Å². The molecule has 2 aromatic rings. The van der Waals surface area contributed by atoms with Gasteiger partial charge < -0.3 is 15.6 Å². The fourth-order valence-electron chi connectivity index (χ4n) is 2.50. The number of hydrogen-bond acceptors (Lipinski definition) is 3. The summed E-state index contributed by atoms with van der Waals surface area (Å²) in [4.78, 5) is 16.3. The monoisotopic (exact) mass is 272 g/mol. The summed E-state index contributed by atoms with van der Waals surface area (Å²) in [5.74, 6) is 0.121. The third-order valence-electron chi connectivity index (χ3n) is 4.11. The first-order valence-electron chi connectivity index (χ1n) is 7.13. The quantitative estimate of drug-likeness (QED) is 0.778. The molecule has 0 unspecified atom stereocenters. The molecule has 1 fully saturated rings. The Bertz CT molecular complexity index is 615.